The van der Waals surface area contributed by atoms with Crippen LogP contribution in [0.5, 0.6) is 5.75 Å². The number of pyridine rings is 1. The summed E-state index contributed by atoms with van der Waals surface area (Å²) in [5.41, 5.74) is 34.5. The molecule has 136 heavy (non-hydrogen) atoms. The number of aromatic nitrogens is 1. The van der Waals surface area contributed by atoms with E-state index in [9.17, 15) is 24.3 Å². The van der Waals surface area contributed by atoms with Crippen LogP contribution in [0.2, 0.25) is 0 Å². The van der Waals surface area contributed by atoms with Crippen LogP contribution in [0.15, 0.2) is 237 Å². The number of hydrogen-bond acceptors (Lipinski definition) is 17. The second kappa shape index (κ2) is 88.6. The molecule has 17 heteroatoms. The average Bonchev–Trinajstić information content (AvgIpc) is 1.10. The van der Waals surface area contributed by atoms with Gasteiger partial charge in [-0.1, -0.05) is 329 Å². The maximum atomic E-state index is 12.7. The summed E-state index contributed by atoms with van der Waals surface area (Å²) in [7, 11) is 6.47. The van der Waals surface area contributed by atoms with Crippen molar-refractivity contribution in [3.63, 3.8) is 0 Å². The first kappa shape index (κ1) is 131. The SMILES string of the molecule is CC.CC.CC.CC.CC.CC.CC.CC.CC.CC.CC.CC.CN(C)[C@@H]1CCN(Cc2ccc(CC(=O)c3cccc(C#C/C=C/N)c3)cc2)C1.CN1CCN(Cc2ccc(CC(=O)c3cccc(C#C/C=C/N)c3)cc2)CC1.N/C=C/C#Cc1cc(C(=O)Cc2ccc(CN3CC[C@@H](O)C3)cc2)ccn1.N/C=C/C#Cc1cccc(C(=O)Cc2ccc(OCCN3CCCC3)cc2)c1.[3HH].[3HH].[3HH].[3HH]. The molecule has 17 nitrogen and oxygen atoms in total. The van der Waals surface area contributed by atoms with Crippen molar-refractivity contribution in [1.82, 2.24) is 34.4 Å². The zero-order valence-corrected chi connectivity index (χ0v) is 88.9. The maximum absolute atomic E-state index is 12.7. The van der Waals surface area contributed by atoms with E-state index in [1.54, 1.807) is 36.6 Å². The molecule has 5 heterocycles. The molecule has 0 saturated carbocycles. The molecule has 12 rings (SSSR count). The summed E-state index contributed by atoms with van der Waals surface area (Å²) in [6.07, 6.45) is 19.3. The number of nitrogens with zero attached hydrogens (tertiary/aromatic N) is 7. The Morgan fingerprint density at radius 2 is 0.699 bits per heavy atom. The van der Waals surface area contributed by atoms with Gasteiger partial charge in [-0.3, -0.25) is 38.8 Å². The maximum Gasteiger partial charge on any atom is 0.167 e. The lowest BCUT2D eigenvalue weighted by atomic mass is 10.0. The number of likely N-dealkylation sites (tertiary alicyclic amines) is 3. The van der Waals surface area contributed by atoms with Gasteiger partial charge in [0, 0.05) is 210 Å². The van der Waals surface area contributed by atoms with Crippen LogP contribution in [0, 0.1) is 47.4 Å². The van der Waals surface area contributed by atoms with E-state index < -0.39 is 0 Å². The molecule has 0 spiro atoms. The number of hydrogen-bond donors (Lipinski definition) is 5. The molecule has 0 amide bonds. The molecule has 4 aliphatic rings. The lowest BCUT2D eigenvalue weighted by Gasteiger charge is -2.32. The van der Waals surface area contributed by atoms with Gasteiger partial charge in [0.1, 0.15) is 18.1 Å². The number of benzene rings is 7. The number of carbonyl (C=O) groups is 4. The van der Waals surface area contributed by atoms with Crippen molar-refractivity contribution in [2.75, 3.05) is 99.7 Å². The van der Waals surface area contributed by atoms with E-state index in [1.165, 1.54) is 79.9 Å². The Hall–Kier alpha value is -11.7. The molecule has 2 atom stereocenters. The molecule has 0 radical (unpaired) electrons. The Labute approximate surface area is 833 Å². The number of carbonyl (C=O) groups excluding carboxylic acids is 4. The largest absolute Gasteiger partial charge is 0.492 e. The Morgan fingerprint density at radius 1 is 0.382 bits per heavy atom. The van der Waals surface area contributed by atoms with Crippen molar-refractivity contribution in [1.29, 1.82) is 0 Å². The van der Waals surface area contributed by atoms with Crippen LogP contribution in [0.25, 0.3) is 0 Å². The predicted octanol–water partition coefficient (Wildman–Crippen LogP) is 24.4. The van der Waals surface area contributed by atoms with Crippen LogP contribution in [-0.2, 0) is 45.3 Å². The summed E-state index contributed by atoms with van der Waals surface area (Å²) < 4.78 is 5.82. The first-order chi connectivity index (χ1) is 66.6. The van der Waals surface area contributed by atoms with Crippen LogP contribution in [0.3, 0.4) is 0 Å². The Balaban J connectivity index is -0.000000255. The van der Waals surface area contributed by atoms with E-state index >= 15 is 0 Å². The molecule has 7 aromatic carbocycles. The topological polar surface area (TPSA) is 234 Å². The number of ether oxygens (including phenoxy) is 1. The van der Waals surface area contributed by atoms with Crippen LogP contribution in [0.1, 0.15) is 300 Å². The fraction of sp³-hybridized carbons (Fsp3) is 0.437. The number of aliphatic hydroxyl groups is 1. The molecule has 8 aromatic rings. The Kier molecular flexibility index (Phi) is 85.0. The van der Waals surface area contributed by atoms with Crippen molar-refractivity contribution in [2.45, 2.75) is 249 Å². The van der Waals surface area contributed by atoms with E-state index in [4.69, 9.17) is 27.7 Å². The molecule has 752 valence electrons. The smallest absolute Gasteiger partial charge is 0.167 e. The van der Waals surface area contributed by atoms with Gasteiger partial charge < -0.3 is 42.6 Å². The molecule has 9 N–H and O–H groups in total. The molecule has 1 aromatic heterocycles. The summed E-state index contributed by atoms with van der Waals surface area (Å²) in [4.78, 5) is 68.9. The highest BCUT2D eigenvalue weighted by atomic mass is 16.5. The minimum absolute atomic E-state index is 0. The number of ketones is 4. The average molecular weight is 1870 g/mol. The normalized spacial score (nSPS) is 13.5. The van der Waals surface area contributed by atoms with Crippen molar-refractivity contribution in [3.05, 3.63) is 321 Å². The third kappa shape index (κ3) is 57.2. The predicted molar refractivity (Wildman–Crippen MR) is 594 cm³/mol. The molecule has 4 aliphatic heterocycles. The molecular formula is C119H185N11O6. The number of β-amino-alcohol motifs (C(OH)–C–C–N with tert-alkyl or cyclic N) is 1. The van der Waals surface area contributed by atoms with Gasteiger partial charge in [0.15, 0.2) is 23.1 Å². The summed E-state index contributed by atoms with van der Waals surface area (Å²) in [5, 5.41) is 9.61. The molecule has 0 aliphatic carbocycles. The second-order valence-corrected chi connectivity index (χ2v) is 28.5. The van der Waals surface area contributed by atoms with E-state index in [1.807, 2.05) is 275 Å². The van der Waals surface area contributed by atoms with E-state index in [-0.39, 0.29) is 34.9 Å². The van der Waals surface area contributed by atoms with Crippen molar-refractivity contribution in [2.24, 2.45) is 22.9 Å². The van der Waals surface area contributed by atoms with Crippen molar-refractivity contribution >= 4 is 23.1 Å². The zero-order valence-electron chi connectivity index (χ0n) is 88.9. The summed E-state index contributed by atoms with van der Waals surface area (Å²) in [6.45, 7) is 63.2. The number of Topliss-reactive ketones (excluding diaryl/α,β-unsaturated/α-hetero) is 4. The van der Waals surface area contributed by atoms with Gasteiger partial charge in [0.25, 0.3) is 0 Å². The second-order valence-electron chi connectivity index (χ2n) is 28.5. The van der Waals surface area contributed by atoms with Gasteiger partial charge >= 0.3 is 0 Å². The van der Waals surface area contributed by atoms with Crippen LogP contribution in [-0.4, -0.2) is 175 Å². The highest BCUT2D eigenvalue weighted by Crippen LogP contribution is 2.22. The van der Waals surface area contributed by atoms with E-state index in [0.717, 1.165) is 130 Å². The van der Waals surface area contributed by atoms with Gasteiger partial charge in [-0.2, -0.15) is 0 Å². The minimum atomic E-state index is -0.205. The highest BCUT2D eigenvalue weighted by Gasteiger charge is 2.25. The quantitative estimate of drug-likeness (QED) is 0.0296. The molecule has 4 saturated heterocycles. The summed E-state index contributed by atoms with van der Waals surface area (Å²) >= 11 is 0. The minimum Gasteiger partial charge on any atom is -0.492 e. The van der Waals surface area contributed by atoms with Gasteiger partial charge in [0.2, 0.25) is 0 Å². The van der Waals surface area contributed by atoms with Crippen molar-refractivity contribution < 1.29 is 34.7 Å². The zero-order chi connectivity index (χ0) is 103. The highest BCUT2D eigenvalue weighted by molar-refractivity contribution is 5.99. The number of likely N-dealkylation sites (N-methyl/N-ethyl adjacent to an activating group) is 2. The lowest BCUT2D eigenvalue weighted by Crippen LogP contribution is -2.43. The Bertz CT molecular complexity index is 4790. The number of rotatable bonds is 23. The summed E-state index contributed by atoms with van der Waals surface area (Å²) in [5.74, 6) is 24.2. The summed E-state index contributed by atoms with van der Waals surface area (Å²) in [6, 6.07) is 59.0. The van der Waals surface area contributed by atoms with Gasteiger partial charge in [0.05, 0.1) is 6.10 Å². The van der Waals surface area contributed by atoms with E-state index in [2.05, 4.69) is 164 Å². The molecule has 0 unspecified atom stereocenters. The van der Waals surface area contributed by atoms with Gasteiger partial charge in [-0.25, -0.2) is 4.98 Å². The number of allylic oxidation sites excluding steroid dienone is 4. The third-order valence-electron chi connectivity index (χ3n) is 19.6. The van der Waals surface area contributed by atoms with Gasteiger partial charge in [-0.05, 0) is 165 Å². The fourth-order valence-corrected chi connectivity index (χ4v) is 13.2. The lowest BCUT2D eigenvalue weighted by molar-refractivity contribution is 0.0984. The van der Waals surface area contributed by atoms with Crippen molar-refractivity contribution in [3.8, 4) is 53.1 Å². The van der Waals surface area contributed by atoms with E-state index in [0.29, 0.717) is 66.3 Å². The first-order valence-corrected chi connectivity index (χ1v) is 50.4. The number of nitrogens with two attached hydrogens (primary N) is 4. The number of piperazine rings is 1. The Morgan fingerprint density at radius 3 is 1.03 bits per heavy atom. The molecule has 0 bridgehead atoms. The van der Waals surface area contributed by atoms with Gasteiger partial charge in [-0.15, -0.1) is 0 Å². The fourth-order valence-electron chi connectivity index (χ4n) is 13.2. The monoisotopic (exact) mass is 1870 g/mol. The van der Waals surface area contributed by atoms with Crippen LogP contribution >= 0.6 is 0 Å². The molecular weight excluding hydrogens is 1680 g/mol. The van der Waals surface area contributed by atoms with Crippen LogP contribution in [0.4, 0.5) is 0 Å². The third-order valence-corrected chi connectivity index (χ3v) is 19.6. The molecule has 4 fully saturated rings. The first-order valence-electron chi connectivity index (χ1n) is 50.4. The number of aliphatic hydroxyl groups excluding tert-OH is 1. The standard InChI is InChI=1S/C25H29N3O.C24H27N3O.C24H26N2O2.C22H23N3O2.12C2H6.4H2/c1-27(2)24-13-15-28(19-24)18-22-11-9-21(10-12-22)17-25(29)23-8-5-7-20(16-23)6-3-4-14-26;1-26-13-15-27(16-14-26)19-22-10-8-21(9-11-22)18-24(28)23-7-4-6-20(17-23)5-2-3-12-25;25-13-2-1-6-20-7-5-8-22(18-20)24(27)19-21-9-11-23(12-10-21)28-17-16-26-14-3-4-15-26;23-10-2-1-3-20-14-19(8-11-24-20)22(27)13-17-4-6-18(7-5-17)15-25-12-9-21(26)16-25;12*1-2;;;;/h4-5,7-12,14,16,24H,13,15,17-19,26H2,1-2H3;3-4,6-12,17H,13-16,18-19,25H2,1H3;2,5,7-13,18H,3-4,14-17,19,25H2;2,4-8,10-11,14,21,26H,9,12-13,15-16,23H2;12*1-2H3;4*1H/b14-4+;12-3+;13-2+;10-2+;;;;;;;;;;;;;;;;/t24-;;;21-;;;;;;;;;;;;;;;;/m1..1................/s1/i;;;;;;;;;;;;;;;;4*1+2. The van der Waals surface area contributed by atoms with Crippen LogP contribution < -0.4 is 27.7 Å².